The highest BCUT2D eigenvalue weighted by Crippen LogP contribution is 2.32. The molecule has 3 aliphatic rings. The minimum absolute atomic E-state index is 0.154. The molecule has 3 saturated heterocycles. The molecule has 0 bridgehead atoms. The van der Waals surface area contributed by atoms with Crippen molar-refractivity contribution >= 4 is 11.8 Å². The van der Waals surface area contributed by atoms with Gasteiger partial charge in [0.15, 0.2) is 18.9 Å². The van der Waals surface area contributed by atoms with Gasteiger partial charge in [0.25, 0.3) is 0 Å². The largest absolute Gasteiger partial charge is 0.394 e. The zero-order valence-corrected chi connectivity index (χ0v) is 52.6. The van der Waals surface area contributed by atoms with Crippen LogP contribution in [0, 0.1) is 0 Å². The maximum absolute atomic E-state index is 13.6. The first kappa shape index (κ1) is 77.5. The summed E-state index contributed by atoms with van der Waals surface area (Å²) in [4.78, 5) is 25.6. The van der Waals surface area contributed by atoms with Crippen LogP contribution < -0.4 is 10.6 Å². The van der Waals surface area contributed by atoms with Gasteiger partial charge >= 0.3 is 0 Å². The van der Waals surface area contributed by atoms with Crippen LogP contribution in [-0.2, 0) is 38.0 Å². The Kier molecular flexibility index (Phi) is 43.0. The standard InChI is InChI=1S/C64H122N2O19/c1-4-6-8-10-12-14-16-18-19-20-21-22-23-24-25-26-27-28-30-32-34-36-38-40-51(71)66-46(53(72)47(70)39-37-35-33-31-29-17-15-13-11-9-7-5-2)43-80-64-61(59(78)55(74)49(42-68)83-64)85-63-60(79)58(77)56(75)50(84-63)44-81-62-52(65-45(3)69)57(76)54(73)48(41-67)82-62/h46-50,52-64,67-68,70,72-79H,4-44H2,1-3H3,(H,65,69)(H,66,71)/t46-,47+,48+,49+,50+,52+,53-,54-,55-,56-,57+,58-,59-,60+,61+,62+,63+,64-/m0/s1. The van der Waals surface area contributed by atoms with Gasteiger partial charge < -0.3 is 95.2 Å². The number of nitrogens with one attached hydrogen (secondary N) is 2. The second kappa shape index (κ2) is 47.2. The van der Waals surface area contributed by atoms with E-state index in [0.717, 1.165) is 58.3 Å². The number of aliphatic hydroxyl groups excluding tert-OH is 11. The van der Waals surface area contributed by atoms with Gasteiger partial charge in [-0.3, -0.25) is 9.59 Å². The molecule has 0 saturated carbocycles. The third-order valence-corrected chi connectivity index (χ3v) is 17.4. The van der Waals surface area contributed by atoms with E-state index >= 15 is 0 Å². The van der Waals surface area contributed by atoms with Crippen LogP contribution in [0.1, 0.15) is 258 Å². The van der Waals surface area contributed by atoms with E-state index in [2.05, 4.69) is 24.5 Å². The average molecular weight is 1220 g/mol. The van der Waals surface area contributed by atoms with Crippen molar-refractivity contribution < 1.29 is 94.2 Å². The highest BCUT2D eigenvalue weighted by atomic mass is 16.8. The highest BCUT2D eigenvalue weighted by molar-refractivity contribution is 5.76. The summed E-state index contributed by atoms with van der Waals surface area (Å²) < 4.78 is 35.2. The highest BCUT2D eigenvalue weighted by Gasteiger charge is 2.52. The lowest BCUT2D eigenvalue weighted by Gasteiger charge is -2.46. The fourth-order valence-corrected chi connectivity index (χ4v) is 11.9. The molecule has 13 N–H and O–H groups in total. The molecule has 0 aromatic heterocycles. The number of unbranched alkanes of at least 4 members (excludes halogenated alkanes) is 33. The van der Waals surface area contributed by atoms with Crippen LogP contribution in [0.5, 0.6) is 0 Å². The van der Waals surface area contributed by atoms with Crippen molar-refractivity contribution in [3.63, 3.8) is 0 Å². The van der Waals surface area contributed by atoms with Crippen LogP contribution in [0.2, 0.25) is 0 Å². The minimum Gasteiger partial charge on any atom is -0.394 e. The van der Waals surface area contributed by atoms with Gasteiger partial charge in [-0.2, -0.15) is 0 Å². The number of amides is 2. The molecule has 0 aromatic rings. The maximum Gasteiger partial charge on any atom is 0.220 e. The number of aliphatic hydroxyl groups is 11. The number of carbonyl (C=O) groups is 2. The van der Waals surface area contributed by atoms with Crippen LogP contribution in [0.15, 0.2) is 0 Å². The van der Waals surface area contributed by atoms with E-state index in [4.69, 9.17) is 28.4 Å². The quantitative estimate of drug-likeness (QED) is 0.0298. The first-order chi connectivity index (χ1) is 41.1. The van der Waals surface area contributed by atoms with Gasteiger partial charge in [-0.25, -0.2) is 0 Å². The van der Waals surface area contributed by atoms with Crippen LogP contribution in [-0.4, -0.2) is 205 Å². The summed E-state index contributed by atoms with van der Waals surface area (Å²) >= 11 is 0. The zero-order valence-electron chi connectivity index (χ0n) is 52.6. The van der Waals surface area contributed by atoms with Crippen molar-refractivity contribution in [3.05, 3.63) is 0 Å². The van der Waals surface area contributed by atoms with Gasteiger partial charge in [0, 0.05) is 13.3 Å². The first-order valence-corrected chi connectivity index (χ1v) is 33.9. The summed E-state index contributed by atoms with van der Waals surface area (Å²) in [6.45, 7) is 2.92. The van der Waals surface area contributed by atoms with E-state index < -0.39 is 143 Å². The first-order valence-electron chi connectivity index (χ1n) is 33.9. The van der Waals surface area contributed by atoms with Gasteiger partial charge in [-0.1, -0.05) is 232 Å². The molecule has 0 spiro atoms. The fourth-order valence-electron chi connectivity index (χ4n) is 11.9. The van der Waals surface area contributed by atoms with Crippen molar-refractivity contribution in [1.82, 2.24) is 10.6 Å². The summed E-state index contributed by atoms with van der Waals surface area (Å²) in [5.74, 6) is -1.00. The van der Waals surface area contributed by atoms with Crippen LogP contribution in [0.3, 0.4) is 0 Å². The number of hydrogen-bond acceptors (Lipinski definition) is 19. The van der Waals surface area contributed by atoms with Gasteiger partial charge in [-0.15, -0.1) is 0 Å². The van der Waals surface area contributed by atoms with Crippen LogP contribution in [0.25, 0.3) is 0 Å². The Balaban J connectivity index is 1.55. The van der Waals surface area contributed by atoms with Crippen LogP contribution in [0.4, 0.5) is 0 Å². The summed E-state index contributed by atoms with van der Waals surface area (Å²) in [5.41, 5.74) is 0. The van der Waals surface area contributed by atoms with Crippen molar-refractivity contribution in [2.45, 2.75) is 369 Å². The molecular weight excluding hydrogens is 1100 g/mol. The SMILES string of the molecule is CCCCCCCCCCCCCCCCCCCCCCCCCC(=O)N[C@@H](CO[C@H]1O[C@H](CO)[C@H](O)[C@H](O)[C@H]1O[C@H]1O[C@H](CO[C@@H]2O[C@H](CO)[C@H](O)[C@H](O)[C@H]2NC(C)=O)[C@H](O)[C@H](O)[C@H]1O)[C@H](O)[C@H](O)CCCCCCCCCCCCCC. The second-order valence-corrected chi connectivity index (χ2v) is 24.9. The summed E-state index contributed by atoms with van der Waals surface area (Å²) in [5, 5.41) is 125. The molecule has 18 atom stereocenters. The molecule has 0 aliphatic carbocycles. The van der Waals surface area contributed by atoms with E-state index in [-0.39, 0.29) is 18.7 Å². The molecule has 85 heavy (non-hydrogen) atoms. The van der Waals surface area contributed by atoms with Gasteiger partial charge in [0.1, 0.15) is 79.3 Å². The number of ether oxygens (including phenoxy) is 6. The Morgan fingerprint density at radius 3 is 1.27 bits per heavy atom. The molecule has 0 radical (unpaired) electrons. The zero-order chi connectivity index (χ0) is 62.2. The molecule has 3 heterocycles. The Bertz CT molecular complexity index is 1640. The predicted molar refractivity (Wildman–Crippen MR) is 323 cm³/mol. The predicted octanol–water partition coefficient (Wildman–Crippen LogP) is 6.28. The molecule has 3 fully saturated rings. The van der Waals surface area contributed by atoms with Gasteiger partial charge in [-0.05, 0) is 12.8 Å². The average Bonchev–Trinajstić information content (AvgIpc) is 3.40. The Morgan fingerprint density at radius 1 is 0.447 bits per heavy atom. The lowest BCUT2D eigenvalue weighted by molar-refractivity contribution is -0.371. The maximum atomic E-state index is 13.6. The lowest BCUT2D eigenvalue weighted by Crippen LogP contribution is -2.66. The second-order valence-electron chi connectivity index (χ2n) is 24.9. The van der Waals surface area contributed by atoms with E-state index in [1.807, 2.05) is 0 Å². The molecule has 21 nitrogen and oxygen atoms in total. The Labute approximate surface area is 510 Å². The molecule has 3 aliphatic heterocycles. The summed E-state index contributed by atoms with van der Waals surface area (Å²) in [7, 11) is 0. The molecule has 502 valence electrons. The normalized spacial score (nSPS) is 29.2. The molecule has 21 heteroatoms. The Morgan fingerprint density at radius 2 is 0.835 bits per heavy atom. The van der Waals surface area contributed by atoms with Crippen molar-refractivity contribution in [2.24, 2.45) is 0 Å². The topological polar surface area (TPSA) is 336 Å². The molecule has 2 amide bonds. The van der Waals surface area contributed by atoms with E-state index in [0.29, 0.717) is 12.8 Å². The van der Waals surface area contributed by atoms with Crippen LogP contribution >= 0.6 is 0 Å². The minimum atomic E-state index is -2.00. The molecule has 0 aromatic carbocycles. The Hall–Kier alpha value is -1.74. The third-order valence-electron chi connectivity index (χ3n) is 17.4. The lowest BCUT2D eigenvalue weighted by atomic mass is 9.96. The fraction of sp³-hybridized carbons (Fsp3) is 0.969. The number of carbonyl (C=O) groups excluding carboxylic acids is 2. The summed E-state index contributed by atoms with van der Waals surface area (Å²) in [6, 6.07) is -2.58. The van der Waals surface area contributed by atoms with Crippen molar-refractivity contribution in [3.8, 4) is 0 Å². The monoisotopic (exact) mass is 1220 g/mol. The van der Waals surface area contributed by atoms with E-state index in [1.54, 1.807) is 0 Å². The van der Waals surface area contributed by atoms with Gasteiger partial charge in [0.05, 0.1) is 38.6 Å². The third kappa shape index (κ3) is 30.8. The molecule has 0 unspecified atom stereocenters. The van der Waals surface area contributed by atoms with Crippen molar-refractivity contribution in [1.29, 1.82) is 0 Å². The number of rotatable bonds is 51. The van der Waals surface area contributed by atoms with E-state index in [1.165, 1.54) is 161 Å². The molecular formula is C64H122N2O19. The number of hydrogen-bond donors (Lipinski definition) is 13. The van der Waals surface area contributed by atoms with Gasteiger partial charge in [0.2, 0.25) is 11.8 Å². The smallest absolute Gasteiger partial charge is 0.220 e. The van der Waals surface area contributed by atoms with Crippen molar-refractivity contribution in [2.75, 3.05) is 26.4 Å². The summed E-state index contributed by atoms with van der Waals surface area (Å²) in [6.07, 6.45) is 16.0. The molecule has 3 rings (SSSR count). The van der Waals surface area contributed by atoms with E-state index in [9.17, 15) is 65.8 Å².